The first-order chi connectivity index (χ1) is 15.1. The molecule has 1 aliphatic rings. The van der Waals surface area contributed by atoms with E-state index in [4.69, 9.17) is 4.74 Å². The predicted octanol–water partition coefficient (Wildman–Crippen LogP) is 2.68. The second kappa shape index (κ2) is 11.5. The fraction of sp³-hybridized carbons (Fsp3) is 0.640. The molecular formula is C25H39N3O4. The molecule has 7 heteroatoms. The van der Waals surface area contributed by atoms with Crippen LogP contribution in [0.3, 0.4) is 0 Å². The van der Waals surface area contributed by atoms with Gasteiger partial charge in [-0.15, -0.1) is 0 Å². The van der Waals surface area contributed by atoms with Gasteiger partial charge in [0.1, 0.15) is 6.04 Å². The van der Waals surface area contributed by atoms with Crippen molar-refractivity contribution in [2.75, 3.05) is 13.7 Å². The zero-order valence-electron chi connectivity index (χ0n) is 20.3. The summed E-state index contributed by atoms with van der Waals surface area (Å²) >= 11 is 0. The first-order valence-corrected chi connectivity index (χ1v) is 11.6. The van der Waals surface area contributed by atoms with E-state index in [1.54, 1.807) is 14.0 Å². The molecule has 0 saturated carbocycles. The second-order valence-corrected chi connectivity index (χ2v) is 9.63. The molecule has 7 nitrogen and oxygen atoms in total. The Morgan fingerprint density at radius 3 is 2.38 bits per heavy atom. The van der Waals surface area contributed by atoms with Crippen LogP contribution >= 0.6 is 0 Å². The third kappa shape index (κ3) is 7.05. The third-order valence-electron chi connectivity index (χ3n) is 5.89. The molecule has 0 unspecified atom stereocenters. The molecule has 1 heterocycles. The maximum absolute atomic E-state index is 13.2. The molecule has 0 spiro atoms. The van der Waals surface area contributed by atoms with Crippen molar-refractivity contribution in [2.45, 2.75) is 84.0 Å². The van der Waals surface area contributed by atoms with E-state index in [0.717, 1.165) is 18.4 Å². The van der Waals surface area contributed by atoms with Crippen molar-refractivity contribution < 1.29 is 19.1 Å². The number of hydrogen-bond acceptors (Lipinski definition) is 4. The molecule has 1 saturated heterocycles. The lowest BCUT2D eigenvalue weighted by molar-refractivity contribution is -0.140. The van der Waals surface area contributed by atoms with Crippen LogP contribution in [0.4, 0.5) is 0 Å². The largest absolute Gasteiger partial charge is 0.378 e. The number of likely N-dealkylation sites (tertiary alicyclic amines) is 1. The molecule has 1 aromatic rings. The van der Waals surface area contributed by atoms with Gasteiger partial charge in [0.2, 0.25) is 17.7 Å². The molecule has 4 atom stereocenters. The van der Waals surface area contributed by atoms with Gasteiger partial charge in [-0.3, -0.25) is 14.4 Å². The topological polar surface area (TPSA) is 87.7 Å². The van der Waals surface area contributed by atoms with Crippen LogP contribution in [0.25, 0.3) is 0 Å². The number of nitrogens with one attached hydrogen (secondary N) is 2. The van der Waals surface area contributed by atoms with E-state index in [-0.39, 0.29) is 23.8 Å². The average molecular weight is 446 g/mol. The van der Waals surface area contributed by atoms with Crippen molar-refractivity contribution in [2.24, 2.45) is 5.92 Å². The minimum Gasteiger partial charge on any atom is -0.378 e. The smallest absolute Gasteiger partial charge is 0.243 e. The van der Waals surface area contributed by atoms with E-state index in [1.807, 2.05) is 62.9 Å². The summed E-state index contributed by atoms with van der Waals surface area (Å²) < 4.78 is 5.73. The highest BCUT2D eigenvalue weighted by atomic mass is 16.5. The Balaban J connectivity index is 2.17. The van der Waals surface area contributed by atoms with Crippen LogP contribution in [0.5, 0.6) is 0 Å². The van der Waals surface area contributed by atoms with E-state index in [0.29, 0.717) is 19.4 Å². The Labute approximate surface area is 192 Å². The van der Waals surface area contributed by atoms with Gasteiger partial charge in [-0.1, -0.05) is 44.2 Å². The van der Waals surface area contributed by atoms with Gasteiger partial charge in [-0.2, -0.15) is 0 Å². The summed E-state index contributed by atoms with van der Waals surface area (Å²) in [5.74, 6) is -0.915. The Hall–Kier alpha value is -2.41. The molecule has 2 N–H and O–H groups in total. The summed E-state index contributed by atoms with van der Waals surface area (Å²) in [6.07, 6.45) is 2.09. The number of rotatable bonds is 9. The fourth-order valence-electron chi connectivity index (χ4n) is 4.31. The molecule has 32 heavy (non-hydrogen) atoms. The fourth-order valence-corrected chi connectivity index (χ4v) is 4.31. The highest BCUT2D eigenvalue weighted by Crippen LogP contribution is 2.27. The number of hydrogen-bond donors (Lipinski definition) is 2. The molecule has 1 fully saturated rings. The van der Waals surface area contributed by atoms with Crippen LogP contribution in [-0.4, -0.2) is 60.0 Å². The summed E-state index contributed by atoms with van der Waals surface area (Å²) in [5.41, 5.74) is 0.552. The monoisotopic (exact) mass is 445 g/mol. The van der Waals surface area contributed by atoms with Crippen LogP contribution in [0.1, 0.15) is 59.4 Å². The number of carbonyl (C=O) groups is 3. The van der Waals surface area contributed by atoms with Crippen LogP contribution < -0.4 is 10.6 Å². The molecule has 0 aromatic heterocycles. The lowest BCUT2D eigenvalue weighted by Crippen LogP contribution is -2.56. The van der Waals surface area contributed by atoms with Gasteiger partial charge in [0, 0.05) is 32.0 Å². The highest BCUT2D eigenvalue weighted by Gasteiger charge is 2.40. The van der Waals surface area contributed by atoms with Crippen molar-refractivity contribution in [3.63, 3.8) is 0 Å². The molecule has 0 bridgehead atoms. The molecule has 0 radical (unpaired) electrons. The minimum atomic E-state index is -0.707. The van der Waals surface area contributed by atoms with E-state index in [1.165, 1.54) is 0 Å². The summed E-state index contributed by atoms with van der Waals surface area (Å²) in [6.45, 7) is 10.1. The van der Waals surface area contributed by atoms with E-state index >= 15 is 0 Å². The lowest BCUT2D eigenvalue weighted by atomic mass is 9.94. The number of benzene rings is 1. The molecule has 178 valence electrons. The van der Waals surface area contributed by atoms with Crippen LogP contribution in [0, 0.1) is 5.92 Å². The second-order valence-electron chi connectivity index (χ2n) is 9.63. The highest BCUT2D eigenvalue weighted by molar-refractivity contribution is 5.89. The Bertz CT molecular complexity index is 775. The normalized spacial score (nSPS) is 19.2. The summed E-state index contributed by atoms with van der Waals surface area (Å²) in [7, 11) is 1.58. The third-order valence-corrected chi connectivity index (χ3v) is 5.89. The Kier molecular flexibility index (Phi) is 9.25. The van der Waals surface area contributed by atoms with E-state index in [9.17, 15) is 14.4 Å². The van der Waals surface area contributed by atoms with Crippen LogP contribution in [-0.2, 0) is 25.5 Å². The van der Waals surface area contributed by atoms with Gasteiger partial charge in [0.05, 0.1) is 18.1 Å². The Morgan fingerprint density at radius 2 is 1.81 bits per heavy atom. The van der Waals surface area contributed by atoms with Gasteiger partial charge < -0.3 is 20.3 Å². The maximum Gasteiger partial charge on any atom is 0.243 e. The van der Waals surface area contributed by atoms with Crippen molar-refractivity contribution >= 4 is 17.7 Å². The van der Waals surface area contributed by atoms with E-state index in [2.05, 4.69) is 10.6 Å². The number of carbonyl (C=O) groups excluding carboxylic acids is 3. The minimum absolute atomic E-state index is 0.0775. The van der Waals surface area contributed by atoms with Gasteiger partial charge >= 0.3 is 0 Å². The standard InChI is InChI=1S/C25H39N3O4/c1-7-21(29)28-15-11-14-20(28)22(32-6)17(2)23(30)26-19(24(31)27-25(3,4)5)16-18-12-9-8-10-13-18/h8-10,12-13,17,19-20,22H,7,11,14-16H2,1-6H3,(H,26,30)(H,27,31)/t17-,19+,20+,22-/m1/s1. The number of methoxy groups -OCH3 is 1. The molecule has 1 aromatic carbocycles. The van der Waals surface area contributed by atoms with Crippen LogP contribution in [0.15, 0.2) is 30.3 Å². The van der Waals surface area contributed by atoms with E-state index < -0.39 is 23.6 Å². The number of amides is 3. The zero-order chi connectivity index (χ0) is 23.9. The average Bonchev–Trinajstić information content (AvgIpc) is 3.22. The Morgan fingerprint density at radius 1 is 1.16 bits per heavy atom. The number of nitrogens with zero attached hydrogens (tertiary/aromatic N) is 1. The maximum atomic E-state index is 13.2. The molecule has 3 amide bonds. The molecule has 0 aliphatic carbocycles. The summed E-state index contributed by atoms with van der Waals surface area (Å²) in [4.78, 5) is 40.4. The van der Waals surface area contributed by atoms with Gasteiger partial charge in [-0.25, -0.2) is 0 Å². The predicted molar refractivity (Wildman–Crippen MR) is 125 cm³/mol. The quantitative estimate of drug-likeness (QED) is 0.612. The van der Waals surface area contributed by atoms with Gasteiger partial charge in [0.15, 0.2) is 0 Å². The van der Waals surface area contributed by atoms with Crippen molar-refractivity contribution in [3.05, 3.63) is 35.9 Å². The molecule has 1 aliphatic heterocycles. The first-order valence-electron chi connectivity index (χ1n) is 11.6. The summed E-state index contributed by atoms with van der Waals surface area (Å²) in [6, 6.07) is 8.79. The molecular weight excluding hydrogens is 406 g/mol. The lowest BCUT2D eigenvalue weighted by Gasteiger charge is -2.34. The SMILES string of the molecule is CCC(=O)N1CCC[C@H]1[C@H](OC)[C@@H](C)C(=O)N[C@@H](Cc1ccccc1)C(=O)NC(C)(C)C. The van der Waals surface area contributed by atoms with Crippen molar-refractivity contribution in [1.29, 1.82) is 0 Å². The van der Waals surface area contributed by atoms with Gasteiger partial charge in [0.25, 0.3) is 0 Å². The van der Waals surface area contributed by atoms with Gasteiger partial charge in [-0.05, 0) is 39.2 Å². The molecule has 2 rings (SSSR count). The van der Waals surface area contributed by atoms with Crippen LogP contribution in [0.2, 0.25) is 0 Å². The summed E-state index contributed by atoms with van der Waals surface area (Å²) in [5, 5.41) is 5.92. The zero-order valence-corrected chi connectivity index (χ0v) is 20.3. The number of ether oxygens (including phenoxy) is 1. The van der Waals surface area contributed by atoms with Crippen molar-refractivity contribution in [3.8, 4) is 0 Å². The van der Waals surface area contributed by atoms with Crippen molar-refractivity contribution in [1.82, 2.24) is 15.5 Å². The first kappa shape index (κ1) is 25.8.